The maximum atomic E-state index is 12.5. The molecule has 3 aromatic rings. The van der Waals surface area contributed by atoms with Gasteiger partial charge in [-0.1, -0.05) is 54.6 Å². The highest BCUT2D eigenvalue weighted by Crippen LogP contribution is 2.31. The van der Waals surface area contributed by atoms with E-state index in [-0.39, 0.29) is 23.8 Å². The SMILES string of the molecule is COc1ccc(NC(=O)Cc2ccc(-c3ccccc3)cc2)cc1OC(F)F. The van der Waals surface area contributed by atoms with Crippen LogP contribution >= 0.6 is 0 Å². The van der Waals surface area contributed by atoms with Gasteiger partial charge in [-0.05, 0) is 28.8 Å². The van der Waals surface area contributed by atoms with Gasteiger partial charge in [-0.15, -0.1) is 0 Å². The number of hydrogen-bond donors (Lipinski definition) is 1. The van der Waals surface area contributed by atoms with Crippen molar-refractivity contribution < 1.29 is 23.0 Å². The molecule has 0 aliphatic rings. The van der Waals surface area contributed by atoms with Gasteiger partial charge in [0.1, 0.15) is 0 Å². The first-order valence-electron chi connectivity index (χ1n) is 8.62. The molecule has 0 aliphatic carbocycles. The van der Waals surface area contributed by atoms with Crippen LogP contribution in [0, 0.1) is 0 Å². The number of anilines is 1. The number of nitrogens with one attached hydrogen (secondary N) is 1. The minimum absolute atomic E-state index is 0.137. The van der Waals surface area contributed by atoms with Gasteiger partial charge in [0.25, 0.3) is 0 Å². The molecular formula is C22H19F2NO3. The lowest BCUT2D eigenvalue weighted by Gasteiger charge is -2.12. The maximum Gasteiger partial charge on any atom is 0.387 e. The van der Waals surface area contributed by atoms with Gasteiger partial charge in [0.15, 0.2) is 11.5 Å². The minimum Gasteiger partial charge on any atom is -0.493 e. The second kappa shape index (κ2) is 8.99. The number of alkyl halides is 2. The van der Waals surface area contributed by atoms with Crippen LogP contribution in [0.5, 0.6) is 11.5 Å². The van der Waals surface area contributed by atoms with Crippen LogP contribution in [0.25, 0.3) is 11.1 Å². The Bertz CT molecular complexity index is 928. The molecule has 3 aromatic carbocycles. The number of carbonyl (C=O) groups excluding carboxylic acids is 1. The third-order valence-electron chi connectivity index (χ3n) is 4.09. The standard InChI is InChI=1S/C22H19F2NO3/c1-27-19-12-11-18(14-20(19)28-22(23)24)25-21(26)13-15-7-9-17(10-8-15)16-5-3-2-4-6-16/h2-12,14,22H,13H2,1H3,(H,25,26). The molecule has 3 rings (SSSR count). The van der Waals surface area contributed by atoms with Crippen LogP contribution in [0.3, 0.4) is 0 Å². The number of carbonyl (C=O) groups is 1. The van der Waals surface area contributed by atoms with Gasteiger partial charge < -0.3 is 14.8 Å². The summed E-state index contributed by atoms with van der Waals surface area (Å²) in [4.78, 5) is 12.3. The fraction of sp³-hybridized carbons (Fsp3) is 0.136. The van der Waals surface area contributed by atoms with Gasteiger partial charge >= 0.3 is 6.61 Å². The summed E-state index contributed by atoms with van der Waals surface area (Å²) in [5.74, 6) is -0.238. The van der Waals surface area contributed by atoms with Gasteiger partial charge in [0.05, 0.1) is 13.5 Å². The normalized spacial score (nSPS) is 10.6. The zero-order valence-electron chi connectivity index (χ0n) is 15.2. The van der Waals surface area contributed by atoms with Gasteiger partial charge in [0, 0.05) is 11.8 Å². The van der Waals surface area contributed by atoms with Crippen LogP contribution in [-0.4, -0.2) is 19.6 Å². The predicted molar refractivity (Wildman–Crippen MR) is 104 cm³/mol. The quantitative estimate of drug-likeness (QED) is 0.614. The van der Waals surface area contributed by atoms with E-state index in [9.17, 15) is 13.6 Å². The summed E-state index contributed by atoms with van der Waals surface area (Å²) in [6.07, 6.45) is 0.159. The summed E-state index contributed by atoms with van der Waals surface area (Å²) in [6.45, 7) is -2.98. The highest BCUT2D eigenvalue weighted by Gasteiger charge is 2.13. The van der Waals surface area contributed by atoms with Gasteiger partial charge in [-0.2, -0.15) is 8.78 Å². The summed E-state index contributed by atoms with van der Waals surface area (Å²) in [5.41, 5.74) is 3.36. The molecule has 0 saturated heterocycles. The van der Waals surface area contributed by atoms with Crippen LogP contribution in [0.1, 0.15) is 5.56 Å². The van der Waals surface area contributed by atoms with E-state index in [0.717, 1.165) is 16.7 Å². The van der Waals surface area contributed by atoms with E-state index in [1.54, 1.807) is 6.07 Å². The van der Waals surface area contributed by atoms with E-state index >= 15 is 0 Å². The molecule has 0 aromatic heterocycles. The summed E-state index contributed by atoms with van der Waals surface area (Å²) < 4.78 is 34.4. The second-order valence-corrected chi connectivity index (χ2v) is 6.03. The molecule has 0 atom stereocenters. The van der Waals surface area contributed by atoms with Crippen molar-refractivity contribution in [1.82, 2.24) is 0 Å². The van der Waals surface area contributed by atoms with E-state index in [0.29, 0.717) is 5.69 Å². The first-order chi connectivity index (χ1) is 13.5. The van der Waals surface area contributed by atoms with Crippen LogP contribution in [0.4, 0.5) is 14.5 Å². The molecule has 0 bridgehead atoms. The number of ether oxygens (including phenoxy) is 2. The van der Waals surface area contributed by atoms with Crippen molar-refractivity contribution in [3.8, 4) is 22.6 Å². The van der Waals surface area contributed by atoms with E-state index in [1.165, 1.54) is 19.2 Å². The second-order valence-electron chi connectivity index (χ2n) is 6.03. The minimum atomic E-state index is -2.98. The number of methoxy groups -OCH3 is 1. The molecular weight excluding hydrogens is 364 g/mol. The summed E-state index contributed by atoms with van der Waals surface area (Å²) in [5, 5.41) is 2.68. The molecule has 0 saturated carbocycles. The van der Waals surface area contributed by atoms with E-state index in [1.807, 2.05) is 54.6 Å². The Morgan fingerprint density at radius 3 is 2.25 bits per heavy atom. The zero-order valence-corrected chi connectivity index (χ0v) is 15.2. The molecule has 0 unspecified atom stereocenters. The first kappa shape index (κ1) is 19.4. The van der Waals surface area contributed by atoms with Crippen molar-refractivity contribution in [3.63, 3.8) is 0 Å². The average molecular weight is 383 g/mol. The molecule has 4 nitrogen and oxygen atoms in total. The molecule has 0 heterocycles. The number of benzene rings is 3. The molecule has 0 fully saturated rings. The van der Waals surface area contributed by atoms with Crippen molar-refractivity contribution in [3.05, 3.63) is 78.4 Å². The lowest BCUT2D eigenvalue weighted by atomic mass is 10.0. The van der Waals surface area contributed by atoms with Crippen molar-refractivity contribution in [2.45, 2.75) is 13.0 Å². The van der Waals surface area contributed by atoms with Gasteiger partial charge in [-0.25, -0.2) is 0 Å². The fourth-order valence-corrected chi connectivity index (χ4v) is 2.78. The summed E-state index contributed by atoms with van der Waals surface area (Å²) >= 11 is 0. The van der Waals surface area contributed by atoms with Crippen molar-refractivity contribution in [1.29, 1.82) is 0 Å². The van der Waals surface area contributed by atoms with Crippen LogP contribution < -0.4 is 14.8 Å². The smallest absolute Gasteiger partial charge is 0.387 e. The molecule has 0 aliphatic heterocycles. The number of amides is 1. The van der Waals surface area contributed by atoms with E-state index < -0.39 is 6.61 Å². The van der Waals surface area contributed by atoms with Gasteiger partial charge in [-0.3, -0.25) is 4.79 Å². The molecule has 6 heteroatoms. The Labute approximate surface area is 161 Å². The molecule has 28 heavy (non-hydrogen) atoms. The molecule has 144 valence electrons. The third kappa shape index (κ3) is 5.07. The Morgan fingerprint density at radius 1 is 0.929 bits per heavy atom. The highest BCUT2D eigenvalue weighted by atomic mass is 19.3. The Balaban J connectivity index is 1.65. The topological polar surface area (TPSA) is 47.6 Å². The number of hydrogen-bond acceptors (Lipinski definition) is 3. The van der Waals surface area contributed by atoms with Crippen LogP contribution in [0.2, 0.25) is 0 Å². The lowest BCUT2D eigenvalue weighted by Crippen LogP contribution is -2.14. The summed E-state index contributed by atoms with van der Waals surface area (Å²) in [7, 11) is 1.35. The Kier molecular flexibility index (Phi) is 6.22. The largest absolute Gasteiger partial charge is 0.493 e. The number of rotatable bonds is 7. The van der Waals surface area contributed by atoms with E-state index in [2.05, 4.69) is 10.1 Å². The van der Waals surface area contributed by atoms with Crippen LogP contribution in [0.15, 0.2) is 72.8 Å². The van der Waals surface area contributed by atoms with Crippen molar-refractivity contribution in [2.75, 3.05) is 12.4 Å². The third-order valence-corrected chi connectivity index (χ3v) is 4.09. The Morgan fingerprint density at radius 2 is 1.61 bits per heavy atom. The Hall–Kier alpha value is -3.41. The van der Waals surface area contributed by atoms with Crippen molar-refractivity contribution >= 4 is 11.6 Å². The number of halogens is 2. The summed E-state index contributed by atoms with van der Waals surface area (Å²) in [6, 6.07) is 22.0. The molecule has 0 spiro atoms. The maximum absolute atomic E-state index is 12.5. The van der Waals surface area contributed by atoms with E-state index in [4.69, 9.17) is 4.74 Å². The monoisotopic (exact) mass is 383 g/mol. The van der Waals surface area contributed by atoms with Crippen LogP contribution in [-0.2, 0) is 11.2 Å². The molecule has 1 N–H and O–H groups in total. The molecule has 1 amide bonds. The van der Waals surface area contributed by atoms with Gasteiger partial charge in [0.2, 0.25) is 5.91 Å². The molecule has 0 radical (unpaired) electrons. The zero-order chi connectivity index (χ0) is 19.9. The lowest BCUT2D eigenvalue weighted by molar-refractivity contribution is -0.115. The fourth-order valence-electron chi connectivity index (χ4n) is 2.78. The predicted octanol–water partition coefficient (Wildman–Crippen LogP) is 5.14. The highest BCUT2D eigenvalue weighted by molar-refractivity contribution is 5.92. The average Bonchev–Trinajstić information content (AvgIpc) is 2.69. The van der Waals surface area contributed by atoms with Crippen molar-refractivity contribution in [2.24, 2.45) is 0 Å². The first-order valence-corrected chi connectivity index (χ1v) is 8.62.